The van der Waals surface area contributed by atoms with E-state index in [-0.39, 0.29) is 6.61 Å². The van der Waals surface area contributed by atoms with Crippen LogP contribution in [0.3, 0.4) is 0 Å². The van der Waals surface area contributed by atoms with Crippen molar-refractivity contribution in [1.29, 1.82) is 0 Å². The second kappa shape index (κ2) is 14.5. The van der Waals surface area contributed by atoms with Crippen molar-refractivity contribution >= 4 is 0 Å². The third-order valence-corrected chi connectivity index (χ3v) is 4.79. The first kappa shape index (κ1) is 22.4. The minimum Gasteiger partial charge on any atom is -0.493 e. The van der Waals surface area contributed by atoms with Crippen LogP contribution in [0.15, 0.2) is 12.3 Å². The van der Waals surface area contributed by atoms with Crippen molar-refractivity contribution in [2.45, 2.75) is 102 Å². The Hall–Kier alpha value is -0.620. The monoisotopic (exact) mass is 358 g/mol. The third-order valence-electron chi connectivity index (χ3n) is 4.79. The highest BCUT2D eigenvalue weighted by atomic mass is 16.6. The summed E-state index contributed by atoms with van der Waals surface area (Å²) < 4.78 is 10.8. The van der Waals surface area contributed by atoms with Crippen molar-refractivity contribution in [2.75, 3.05) is 13.2 Å². The molecule has 0 aliphatic carbocycles. The summed E-state index contributed by atoms with van der Waals surface area (Å²) in [6.45, 7) is 1.97. The van der Waals surface area contributed by atoms with Crippen LogP contribution in [0.1, 0.15) is 77.6 Å². The first-order chi connectivity index (χ1) is 12.2. The lowest BCUT2D eigenvalue weighted by Crippen LogP contribution is -2.41. The summed E-state index contributed by atoms with van der Waals surface area (Å²) in [4.78, 5) is 0. The Morgan fingerprint density at radius 3 is 2.24 bits per heavy atom. The lowest BCUT2D eigenvalue weighted by molar-refractivity contribution is -0.0721. The smallest absolute Gasteiger partial charge is 0.154 e. The van der Waals surface area contributed by atoms with E-state index in [4.69, 9.17) is 14.6 Å². The van der Waals surface area contributed by atoms with Crippen LogP contribution in [0.2, 0.25) is 0 Å². The van der Waals surface area contributed by atoms with E-state index >= 15 is 0 Å². The molecule has 1 aliphatic heterocycles. The molecule has 0 aromatic rings. The predicted octanol–water partition coefficient (Wildman–Crippen LogP) is 3.31. The van der Waals surface area contributed by atoms with E-state index in [0.717, 1.165) is 12.8 Å². The highest BCUT2D eigenvalue weighted by molar-refractivity contribution is 4.91. The van der Waals surface area contributed by atoms with Crippen molar-refractivity contribution in [2.24, 2.45) is 0 Å². The van der Waals surface area contributed by atoms with Crippen LogP contribution in [0.4, 0.5) is 0 Å². The average molecular weight is 359 g/mol. The van der Waals surface area contributed by atoms with Crippen LogP contribution in [0.5, 0.6) is 0 Å². The van der Waals surface area contributed by atoms with Crippen LogP contribution in [-0.4, -0.2) is 52.9 Å². The molecule has 5 nitrogen and oxygen atoms in total. The molecule has 1 fully saturated rings. The van der Waals surface area contributed by atoms with Gasteiger partial charge in [-0.2, -0.15) is 0 Å². The Labute approximate surface area is 153 Å². The highest BCUT2D eigenvalue weighted by Gasteiger charge is 2.41. The maximum Gasteiger partial charge on any atom is 0.154 e. The van der Waals surface area contributed by atoms with E-state index in [2.05, 4.69) is 6.92 Å². The van der Waals surface area contributed by atoms with E-state index in [1.807, 2.05) is 6.08 Å². The Bertz CT molecular complexity index is 334. The number of ether oxygens (including phenoxy) is 2. The predicted molar refractivity (Wildman–Crippen MR) is 99.3 cm³/mol. The second-order valence-electron chi connectivity index (χ2n) is 7.06. The van der Waals surface area contributed by atoms with E-state index in [1.54, 1.807) is 6.26 Å². The Balaban J connectivity index is 1.99. The highest BCUT2D eigenvalue weighted by Crippen LogP contribution is 2.21. The van der Waals surface area contributed by atoms with Crippen LogP contribution < -0.4 is 0 Å². The minimum absolute atomic E-state index is 0.124. The summed E-state index contributed by atoms with van der Waals surface area (Å²) in [5.74, 6) is 0. The zero-order chi connectivity index (χ0) is 18.3. The molecule has 4 atom stereocenters. The number of rotatable bonds is 15. The van der Waals surface area contributed by atoms with Crippen molar-refractivity contribution < 1.29 is 24.8 Å². The summed E-state index contributed by atoms with van der Waals surface area (Å²) in [7, 11) is 0. The standard InChI is InChI=1S/C20H38O5/c1-2-3-4-5-6-7-8-9-10-11-12-13-14-24-20-18(23)16-25-19(20)17(22)15-21/h13-14,17-23H,2-12,15-16H2,1H3/b14-13+/t17-,18+,19+,20+/m1/s1. The number of hydrogen-bond acceptors (Lipinski definition) is 5. The van der Waals surface area contributed by atoms with Gasteiger partial charge in [0.25, 0.3) is 0 Å². The van der Waals surface area contributed by atoms with Gasteiger partial charge in [-0.3, -0.25) is 0 Å². The van der Waals surface area contributed by atoms with Gasteiger partial charge in [-0.1, -0.05) is 64.7 Å². The molecule has 0 amide bonds. The summed E-state index contributed by atoms with van der Waals surface area (Å²) in [5.41, 5.74) is 0. The molecule has 0 saturated carbocycles. The maximum atomic E-state index is 9.82. The quantitative estimate of drug-likeness (QED) is 0.309. The van der Waals surface area contributed by atoms with Gasteiger partial charge < -0.3 is 24.8 Å². The van der Waals surface area contributed by atoms with E-state index in [1.165, 1.54) is 57.8 Å². The zero-order valence-corrected chi connectivity index (χ0v) is 15.8. The maximum absolute atomic E-state index is 9.82. The minimum atomic E-state index is -1.03. The molecule has 0 aromatic heterocycles. The Kier molecular flexibility index (Phi) is 13.0. The first-order valence-corrected chi connectivity index (χ1v) is 10.1. The van der Waals surface area contributed by atoms with Gasteiger partial charge in [-0.05, 0) is 18.9 Å². The summed E-state index contributed by atoms with van der Waals surface area (Å²) >= 11 is 0. The van der Waals surface area contributed by atoms with Gasteiger partial charge in [0.15, 0.2) is 6.10 Å². The molecule has 148 valence electrons. The van der Waals surface area contributed by atoms with Crippen LogP contribution >= 0.6 is 0 Å². The van der Waals surface area contributed by atoms with Crippen LogP contribution in [0.25, 0.3) is 0 Å². The number of unbranched alkanes of at least 4 members (excludes halogenated alkanes) is 10. The van der Waals surface area contributed by atoms with Crippen molar-refractivity contribution in [3.8, 4) is 0 Å². The summed E-state index contributed by atoms with van der Waals surface area (Å²) in [6.07, 6.45) is 14.6. The largest absolute Gasteiger partial charge is 0.493 e. The van der Waals surface area contributed by atoms with Crippen LogP contribution in [0, 0.1) is 0 Å². The molecule has 1 saturated heterocycles. The van der Waals surface area contributed by atoms with Gasteiger partial charge >= 0.3 is 0 Å². The molecule has 0 bridgehead atoms. The SMILES string of the molecule is CCCCCCCCCCCC/C=C/O[C@@H]1[C@H]([C@H](O)CO)OC[C@@H]1O. The van der Waals surface area contributed by atoms with Gasteiger partial charge in [0.1, 0.15) is 18.3 Å². The third kappa shape index (κ3) is 9.59. The zero-order valence-electron chi connectivity index (χ0n) is 15.8. The molecule has 3 N–H and O–H groups in total. The second-order valence-corrected chi connectivity index (χ2v) is 7.06. The van der Waals surface area contributed by atoms with Crippen molar-refractivity contribution in [3.05, 3.63) is 12.3 Å². The fraction of sp³-hybridized carbons (Fsp3) is 0.900. The van der Waals surface area contributed by atoms with E-state index in [0.29, 0.717) is 0 Å². The molecular formula is C20H38O5. The fourth-order valence-electron chi connectivity index (χ4n) is 3.18. The van der Waals surface area contributed by atoms with Gasteiger partial charge in [-0.15, -0.1) is 0 Å². The van der Waals surface area contributed by atoms with Crippen molar-refractivity contribution in [1.82, 2.24) is 0 Å². The number of aliphatic hydroxyl groups excluding tert-OH is 3. The molecular weight excluding hydrogens is 320 g/mol. The normalized spacial score (nSPS) is 24.9. The molecule has 0 aromatic carbocycles. The molecule has 25 heavy (non-hydrogen) atoms. The Morgan fingerprint density at radius 2 is 1.64 bits per heavy atom. The lowest BCUT2D eigenvalue weighted by Gasteiger charge is -2.22. The Morgan fingerprint density at radius 1 is 1.04 bits per heavy atom. The first-order valence-electron chi connectivity index (χ1n) is 10.1. The average Bonchev–Trinajstić information content (AvgIpc) is 2.99. The molecule has 1 rings (SSSR count). The van der Waals surface area contributed by atoms with Gasteiger partial charge in [0, 0.05) is 0 Å². The number of aliphatic hydroxyl groups is 3. The lowest BCUT2D eigenvalue weighted by atomic mass is 10.1. The fourth-order valence-corrected chi connectivity index (χ4v) is 3.18. The topological polar surface area (TPSA) is 79.2 Å². The molecule has 5 heteroatoms. The van der Waals surface area contributed by atoms with Crippen LogP contribution in [-0.2, 0) is 9.47 Å². The van der Waals surface area contributed by atoms with Gasteiger partial charge in [-0.25, -0.2) is 0 Å². The molecule has 0 unspecified atom stereocenters. The molecule has 0 spiro atoms. The van der Waals surface area contributed by atoms with Gasteiger partial charge in [0.05, 0.1) is 19.5 Å². The van der Waals surface area contributed by atoms with E-state index < -0.39 is 31.0 Å². The van der Waals surface area contributed by atoms with E-state index in [9.17, 15) is 10.2 Å². The molecule has 0 radical (unpaired) electrons. The molecule has 1 aliphatic rings. The van der Waals surface area contributed by atoms with Gasteiger partial charge in [0.2, 0.25) is 0 Å². The number of hydrogen-bond donors (Lipinski definition) is 3. The number of allylic oxidation sites excluding steroid dienone is 1. The summed E-state index contributed by atoms with van der Waals surface area (Å²) in [6, 6.07) is 0. The molecule has 1 heterocycles. The van der Waals surface area contributed by atoms with Crippen molar-refractivity contribution in [3.63, 3.8) is 0 Å². The summed E-state index contributed by atoms with van der Waals surface area (Å²) in [5, 5.41) is 28.5.